The lowest BCUT2D eigenvalue weighted by molar-refractivity contribution is 0.0941. The van der Waals surface area contributed by atoms with Gasteiger partial charge in [-0.3, -0.25) is 4.79 Å². The molecule has 1 aromatic carbocycles. The molecule has 0 saturated carbocycles. The average molecular weight is 239 g/mol. The highest BCUT2D eigenvalue weighted by molar-refractivity contribution is 5.97. The van der Waals surface area contributed by atoms with E-state index in [4.69, 9.17) is 14.6 Å². The first kappa shape index (κ1) is 13.3. The standard InChI is InChI=1S/C12H17NO4/c1-8-6-11(17-3)9(7-10(8)16-2)12(15)13-4-5-14/h6-7,14H,4-5H2,1-3H3,(H,13,15). The topological polar surface area (TPSA) is 67.8 Å². The summed E-state index contributed by atoms with van der Waals surface area (Å²) >= 11 is 0. The fourth-order valence-corrected chi connectivity index (χ4v) is 1.49. The van der Waals surface area contributed by atoms with Crippen molar-refractivity contribution in [2.24, 2.45) is 0 Å². The minimum Gasteiger partial charge on any atom is -0.496 e. The maximum Gasteiger partial charge on any atom is 0.255 e. The second-order valence-electron chi connectivity index (χ2n) is 3.50. The van der Waals surface area contributed by atoms with Gasteiger partial charge in [-0.2, -0.15) is 0 Å². The van der Waals surface area contributed by atoms with Crippen LogP contribution in [0.3, 0.4) is 0 Å². The van der Waals surface area contributed by atoms with E-state index in [0.717, 1.165) is 5.56 Å². The van der Waals surface area contributed by atoms with Crippen molar-refractivity contribution in [2.45, 2.75) is 6.92 Å². The van der Waals surface area contributed by atoms with Gasteiger partial charge in [-0.1, -0.05) is 0 Å². The summed E-state index contributed by atoms with van der Waals surface area (Å²) < 4.78 is 10.3. The molecule has 5 nitrogen and oxygen atoms in total. The van der Waals surface area contributed by atoms with Crippen molar-refractivity contribution in [3.05, 3.63) is 23.3 Å². The van der Waals surface area contributed by atoms with Crippen molar-refractivity contribution in [3.63, 3.8) is 0 Å². The number of ether oxygens (including phenoxy) is 2. The molecule has 1 rings (SSSR count). The zero-order valence-electron chi connectivity index (χ0n) is 10.2. The van der Waals surface area contributed by atoms with Crippen LogP contribution >= 0.6 is 0 Å². The predicted molar refractivity (Wildman–Crippen MR) is 63.7 cm³/mol. The molecule has 17 heavy (non-hydrogen) atoms. The molecule has 94 valence electrons. The van der Waals surface area contributed by atoms with E-state index in [1.165, 1.54) is 7.11 Å². The van der Waals surface area contributed by atoms with Crippen LogP contribution in [0.5, 0.6) is 11.5 Å². The summed E-state index contributed by atoms with van der Waals surface area (Å²) in [6.45, 7) is 1.98. The maximum absolute atomic E-state index is 11.8. The summed E-state index contributed by atoms with van der Waals surface area (Å²) in [5, 5.41) is 11.2. The lowest BCUT2D eigenvalue weighted by Crippen LogP contribution is -2.26. The van der Waals surface area contributed by atoms with Gasteiger partial charge in [0, 0.05) is 6.54 Å². The van der Waals surface area contributed by atoms with Crippen LogP contribution in [-0.4, -0.2) is 38.4 Å². The van der Waals surface area contributed by atoms with Gasteiger partial charge >= 0.3 is 0 Å². The molecule has 1 aromatic rings. The Bertz CT molecular complexity index is 404. The fraction of sp³-hybridized carbons (Fsp3) is 0.417. The number of rotatable bonds is 5. The first-order valence-electron chi connectivity index (χ1n) is 5.25. The SMILES string of the molecule is COc1cc(C(=O)NCCO)c(OC)cc1C. The summed E-state index contributed by atoms with van der Waals surface area (Å²) in [6, 6.07) is 3.37. The molecule has 1 amide bonds. The highest BCUT2D eigenvalue weighted by Crippen LogP contribution is 2.28. The van der Waals surface area contributed by atoms with Crippen molar-refractivity contribution in [2.75, 3.05) is 27.4 Å². The van der Waals surface area contributed by atoms with Crippen LogP contribution in [0.25, 0.3) is 0 Å². The van der Waals surface area contributed by atoms with Crippen LogP contribution in [0, 0.1) is 6.92 Å². The first-order chi connectivity index (χ1) is 8.13. The molecule has 0 aromatic heterocycles. The van der Waals surface area contributed by atoms with Gasteiger partial charge in [0.1, 0.15) is 11.5 Å². The van der Waals surface area contributed by atoms with Crippen molar-refractivity contribution < 1.29 is 19.4 Å². The Morgan fingerprint density at radius 2 is 1.94 bits per heavy atom. The molecule has 0 saturated heterocycles. The van der Waals surface area contributed by atoms with Gasteiger partial charge in [0.2, 0.25) is 0 Å². The van der Waals surface area contributed by atoms with Crippen LogP contribution in [0.2, 0.25) is 0 Å². The van der Waals surface area contributed by atoms with E-state index in [-0.39, 0.29) is 19.1 Å². The molecule has 0 aliphatic rings. The minimum atomic E-state index is -0.297. The van der Waals surface area contributed by atoms with Gasteiger partial charge in [0.05, 0.1) is 26.4 Å². The lowest BCUT2D eigenvalue weighted by atomic mass is 10.1. The van der Waals surface area contributed by atoms with Crippen molar-refractivity contribution >= 4 is 5.91 Å². The van der Waals surface area contributed by atoms with Crippen LogP contribution in [0.1, 0.15) is 15.9 Å². The number of aliphatic hydroxyl groups excluding tert-OH is 1. The monoisotopic (exact) mass is 239 g/mol. The molecule has 0 unspecified atom stereocenters. The van der Waals surface area contributed by atoms with E-state index in [2.05, 4.69) is 5.32 Å². The van der Waals surface area contributed by atoms with Crippen LogP contribution in [0.15, 0.2) is 12.1 Å². The normalized spacial score (nSPS) is 9.88. The van der Waals surface area contributed by atoms with Gasteiger partial charge in [-0.15, -0.1) is 0 Å². The highest BCUT2D eigenvalue weighted by atomic mass is 16.5. The smallest absolute Gasteiger partial charge is 0.255 e. The number of carbonyl (C=O) groups is 1. The fourth-order valence-electron chi connectivity index (χ4n) is 1.49. The highest BCUT2D eigenvalue weighted by Gasteiger charge is 2.14. The molecule has 0 aliphatic carbocycles. The number of carbonyl (C=O) groups excluding carboxylic acids is 1. The zero-order chi connectivity index (χ0) is 12.8. The Kier molecular flexibility index (Phi) is 4.78. The van der Waals surface area contributed by atoms with E-state index < -0.39 is 0 Å². The van der Waals surface area contributed by atoms with E-state index in [1.807, 2.05) is 6.92 Å². The van der Waals surface area contributed by atoms with Gasteiger partial charge in [-0.25, -0.2) is 0 Å². The van der Waals surface area contributed by atoms with Crippen molar-refractivity contribution in [1.29, 1.82) is 0 Å². The van der Waals surface area contributed by atoms with E-state index in [0.29, 0.717) is 17.1 Å². The van der Waals surface area contributed by atoms with Gasteiger partial charge in [-0.05, 0) is 24.6 Å². The molecule has 0 heterocycles. The third-order valence-electron chi connectivity index (χ3n) is 2.36. The number of amides is 1. The molecular formula is C12H17NO4. The summed E-state index contributed by atoms with van der Waals surface area (Å²) in [7, 11) is 3.05. The number of hydrogen-bond donors (Lipinski definition) is 2. The van der Waals surface area contributed by atoms with Gasteiger partial charge < -0.3 is 19.9 Å². The van der Waals surface area contributed by atoms with E-state index in [9.17, 15) is 4.79 Å². The Morgan fingerprint density at radius 1 is 1.29 bits per heavy atom. The third-order valence-corrected chi connectivity index (χ3v) is 2.36. The Labute approximate surface area is 100 Å². The lowest BCUT2D eigenvalue weighted by Gasteiger charge is -2.12. The Hall–Kier alpha value is -1.75. The molecule has 0 spiro atoms. The number of nitrogens with one attached hydrogen (secondary N) is 1. The van der Waals surface area contributed by atoms with Crippen LogP contribution < -0.4 is 14.8 Å². The predicted octanol–water partition coefficient (Wildman–Crippen LogP) is 0.734. The van der Waals surface area contributed by atoms with Gasteiger partial charge in [0.25, 0.3) is 5.91 Å². The van der Waals surface area contributed by atoms with Crippen LogP contribution in [-0.2, 0) is 0 Å². The molecule has 0 radical (unpaired) electrons. The van der Waals surface area contributed by atoms with E-state index in [1.54, 1.807) is 19.2 Å². The largest absolute Gasteiger partial charge is 0.496 e. The molecule has 0 bridgehead atoms. The second-order valence-corrected chi connectivity index (χ2v) is 3.50. The van der Waals surface area contributed by atoms with Crippen LogP contribution in [0.4, 0.5) is 0 Å². The molecule has 0 aliphatic heterocycles. The van der Waals surface area contributed by atoms with Crippen molar-refractivity contribution in [1.82, 2.24) is 5.32 Å². The number of methoxy groups -OCH3 is 2. The molecule has 2 N–H and O–H groups in total. The summed E-state index contributed by atoms with van der Waals surface area (Å²) in [4.78, 5) is 11.8. The number of aryl methyl sites for hydroxylation is 1. The number of hydrogen-bond acceptors (Lipinski definition) is 4. The molecule has 0 fully saturated rings. The Morgan fingerprint density at radius 3 is 2.47 bits per heavy atom. The molecule has 5 heteroatoms. The second kappa shape index (κ2) is 6.10. The van der Waals surface area contributed by atoms with E-state index >= 15 is 0 Å². The minimum absolute atomic E-state index is 0.100. The van der Waals surface area contributed by atoms with Gasteiger partial charge in [0.15, 0.2) is 0 Å². The summed E-state index contributed by atoms with van der Waals surface area (Å²) in [5.74, 6) is 0.813. The summed E-state index contributed by atoms with van der Waals surface area (Å²) in [6.07, 6.45) is 0. The molecule has 0 atom stereocenters. The number of aliphatic hydroxyl groups is 1. The first-order valence-corrected chi connectivity index (χ1v) is 5.25. The quantitative estimate of drug-likeness (QED) is 0.795. The molecular weight excluding hydrogens is 222 g/mol. The van der Waals surface area contributed by atoms with Crippen molar-refractivity contribution in [3.8, 4) is 11.5 Å². The zero-order valence-corrected chi connectivity index (χ0v) is 10.2. The number of benzene rings is 1. The summed E-state index contributed by atoms with van der Waals surface area (Å²) in [5.41, 5.74) is 1.28. The third kappa shape index (κ3) is 3.10. The maximum atomic E-state index is 11.8. The average Bonchev–Trinajstić information content (AvgIpc) is 2.35. The Balaban J connectivity index is 3.07.